The lowest BCUT2D eigenvalue weighted by Gasteiger charge is -2.32. The van der Waals surface area contributed by atoms with Gasteiger partial charge in [-0.15, -0.1) is 0 Å². The van der Waals surface area contributed by atoms with Crippen molar-refractivity contribution in [1.82, 2.24) is 0 Å². The van der Waals surface area contributed by atoms with Gasteiger partial charge in [-0.3, -0.25) is 0 Å². The minimum Gasteiger partial charge on any atom is -0.218 e. The average Bonchev–Trinajstić information content (AvgIpc) is 2.51. The van der Waals surface area contributed by atoms with Crippen molar-refractivity contribution < 1.29 is 39.5 Å². The Bertz CT molecular complexity index is 861. The molecule has 0 N–H and O–H groups in total. The maximum absolute atomic E-state index is 14.4. The van der Waals surface area contributed by atoms with Gasteiger partial charge in [0.05, 0.1) is 11.6 Å². The first-order valence-corrected chi connectivity index (χ1v) is 6.65. The van der Waals surface area contributed by atoms with Crippen molar-refractivity contribution in [1.29, 1.82) is 5.26 Å². The van der Waals surface area contributed by atoms with E-state index in [1.807, 2.05) is 0 Å². The van der Waals surface area contributed by atoms with Crippen LogP contribution in [0.15, 0.2) is 36.4 Å². The molecule has 0 aliphatic heterocycles. The molecule has 138 valence electrons. The lowest BCUT2D eigenvalue weighted by molar-refractivity contribution is -0.348. The lowest BCUT2D eigenvalue weighted by Crippen LogP contribution is -2.50. The Balaban J connectivity index is 2.95. The molecule has 1 nitrogen and oxygen atoms in total. The molecule has 0 atom stereocenters. The van der Waals surface area contributed by atoms with E-state index in [1.165, 1.54) is 0 Å². The molecule has 0 unspecified atom stereocenters. The summed E-state index contributed by atoms with van der Waals surface area (Å²) in [6.45, 7) is 0. The first-order chi connectivity index (χ1) is 11.8. The summed E-state index contributed by atoms with van der Waals surface area (Å²) >= 11 is 0. The fourth-order valence-corrected chi connectivity index (χ4v) is 2.35. The van der Waals surface area contributed by atoms with Crippen molar-refractivity contribution in [2.75, 3.05) is 0 Å². The monoisotopic (exact) mass is 383 g/mol. The van der Waals surface area contributed by atoms with Crippen LogP contribution in [0.2, 0.25) is 0 Å². The third-order valence-electron chi connectivity index (χ3n) is 3.49. The highest BCUT2D eigenvalue weighted by Gasteiger charge is 2.74. The van der Waals surface area contributed by atoms with Crippen molar-refractivity contribution in [3.8, 4) is 17.2 Å². The van der Waals surface area contributed by atoms with E-state index in [0.717, 1.165) is 24.3 Å². The molecular formula is C16H6F9N. The molecule has 0 bridgehead atoms. The summed E-state index contributed by atoms with van der Waals surface area (Å²) in [6.07, 6.45) is -13.1. The van der Waals surface area contributed by atoms with Gasteiger partial charge in [-0.25, -0.2) is 13.2 Å². The van der Waals surface area contributed by atoms with E-state index >= 15 is 0 Å². The second-order valence-electron chi connectivity index (χ2n) is 5.16. The van der Waals surface area contributed by atoms with Gasteiger partial charge < -0.3 is 0 Å². The van der Waals surface area contributed by atoms with E-state index in [0.29, 0.717) is 0 Å². The zero-order valence-electron chi connectivity index (χ0n) is 12.3. The maximum Gasteiger partial charge on any atom is 0.435 e. The van der Waals surface area contributed by atoms with E-state index in [4.69, 9.17) is 5.26 Å². The van der Waals surface area contributed by atoms with Crippen LogP contribution in [0.4, 0.5) is 39.5 Å². The molecule has 0 aromatic heterocycles. The summed E-state index contributed by atoms with van der Waals surface area (Å²) in [6, 6.07) is 5.02. The fourth-order valence-electron chi connectivity index (χ4n) is 2.35. The predicted octanol–water partition coefficient (Wildman–Crippen LogP) is 5.79. The van der Waals surface area contributed by atoms with Crippen molar-refractivity contribution in [2.45, 2.75) is 18.0 Å². The zero-order valence-corrected chi connectivity index (χ0v) is 12.3. The molecule has 0 aliphatic rings. The van der Waals surface area contributed by atoms with E-state index in [1.54, 1.807) is 6.07 Å². The second kappa shape index (κ2) is 6.23. The van der Waals surface area contributed by atoms with Gasteiger partial charge in [-0.2, -0.15) is 31.6 Å². The first kappa shape index (κ1) is 19.6. The molecule has 0 aliphatic carbocycles. The van der Waals surface area contributed by atoms with Crippen LogP contribution in [0.3, 0.4) is 0 Å². The van der Waals surface area contributed by atoms with Crippen molar-refractivity contribution in [3.63, 3.8) is 0 Å². The molecule has 2 rings (SSSR count). The van der Waals surface area contributed by atoms with Gasteiger partial charge in [0.15, 0.2) is 0 Å². The summed E-state index contributed by atoms with van der Waals surface area (Å²) in [5.41, 5.74) is -10.6. The standard InChI is InChI=1S/C16H6F9N/c17-10-5-11(14(19,15(20,21)22)16(23,24)25)13(12(18)6-10)9-3-1-2-8(4-9)7-26/h1-6H. The molecule has 0 spiro atoms. The van der Waals surface area contributed by atoms with Gasteiger partial charge in [0, 0.05) is 17.2 Å². The molecule has 2 aromatic carbocycles. The topological polar surface area (TPSA) is 23.8 Å². The zero-order chi connectivity index (χ0) is 19.9. The SMILES string of the molecule is N#Cc1cccc(-c2c(F)cc(F)cc2C(F)(C(F)(F)F)C(F)(F)F)c1. The molecule has 26 heavy (non-hydrogen) atoms. The summed E-state index contributed by atoms with van der Waals surface area (Å²) in [5.74, 6) is -3.67. The highest BCUT2D eigenvalue weighted by atomic mass is 19.4. The Morgan fingerprint density at radius 2 is 1.38 bits per heavy atom. The number of nitriles is 1. The molecule has 2 aromatic rings. The summed E-state index contributed by atoms with van der Waals surface area (Å²) in [7, 11) is 0. The highest BCUT2D eigenvalue weighted by molar-refractivity contribution is 5.71. The third-order valence-corrected chi connectivity index (χ3v) is 3.49. The van der Waals surface area contributed by atoms with Crippen LogP contribution in [0.25, 0.3) is 11.1 Å². The third kappa shape index (κ3) is 3.09. The van der Waals surface area contributed by atoms with Crippen molar-refractivity contribution in [3.05, 3.63) is 59.2 Å². The second-order valence-corrected chi connectivity index (χ2v) is 5.16. The van der Waals surface area contributed by atoms with E-state index < -0.39 is 46.3 Å². The van der Waals surface area contributed by atoms with Crippen LogP contribution in [-0.4, -0.2) is 12.4 Å². The maximum atomic E-state index is 14.4. The molecule has 0 saturated heterocycles. The van der Waals surface area contributed by atoms with Gasteiger partial charge in [0.2, 0.25) is 0 Å². The van der Waals surface area contributed by atoms with Crippen molar-refractivity contribution >= 4 is 0 Å². The Morgan fingerprint density at radius 3 is 1.88 bits per heavy atom. The Morgan fingerprint density at radius 1 is 0.808 bits per heavy atom. The van der Waals surface area contributed by atoms with Gasteiger partial charge in [0.25, 0.3) is 0 Å². The minimum absolute atomic E-state index is 0.0189. The molecule has 0 radical (unpaired) electrons. The average molecular weight is 383 g/mol. The van der Waals surface area contributed by atoms with Crippen molar-refractivity contribution in [2.24, 2.45) is 0 Å². The van der Waals surface area contributed by atoms with Crippen LogP contribution in [0.1, 0.15) is 11.1 Å². The number of rotatable bonds is 2. The van der Waals surface area contributed by atoms with Gasteiger partial charge in [0.1, 0.15) is 11.6 Å². The minimum atomic E-state index is -6.55. The number of nitrogens with zero attached hydrogens (tertiary/aromatic N) is 1. The summed E-state index contributed by atoms with van der Waals surface area (Å²) < 4.78 is 120. The quantitative estimate of drug-likeness (QED) is 0.602. The number of hydrogen-bond donors (Lipinski definition) is 0. The van der Waals surface area contributed by atoms with Gasteiger partial charge in [-0.05, 0) is 23.8 Å². The molecule has 0 amide bonds. The van der Waals surface area contributed by atoms with Crippen LogP contribution in [-0.2, 0) is 5.67 Å². The normalized spacial score (nSPS) is 12.8. The van der Waals surface area contributed by atoms with Crippen LogP contribution in [0.5, 0.6) is 0 Å². The summed E-state index contributed by atoms with van der Waals surface area (Å²) in [4.78, 5) is 0. The lowest BCUT2D eigenvalue weighted by atomic mass is 9.86. The van der Waals surface area contributed by atoms with E-state index in [2.05, 4.69) is 0 Å². The number of alkyl halides is 7. The highest BCUT2D eigenvalue weighted by Crippen LogP contribution is 2.55. The molecule has 0 heterocycles. The largest absolute Gasteiger partial charge is 0.435 e. The number of benzene rings is 2. The molecular weight excluding hydrogens is 377 g/mol. The summed E-state index contributed by atoms with van der Waals surface area (Å²) in [5, 5.41) is 8.77. The molecule has 10 heteroatoms. The molecule has 0 saturated carbocycles. The Kier molecular flexibility index (Phi) is 4.70. The predicted molar refractivity (Wildman–Crippen MR) is 71.4 cm³/mol. The number of halogens is 9. The Hall–Kier alpha value is -2.70. The van der Waals surface area contributed by atoms with Crippen LogP contribution in [0, 0.1) is 23.0 Å². The molecule has 0 fully saturated rings. The van der Waals surface area contributed by atoms with E-state index in [-0.39, 0.29) is 17.7 Å². The van der Waals surface area contributed by atoms with Gasteiger partial charge in [-0.1, -0.05) is 12.1 Å². The Labute approximate surface area is 140 Å². The number of hydrogen-bond acceptors (Lipinski definition) is 1. The first-order valence-electron chi connectivity index (χ1n) is 6.65. The van der Waals surface area contributed by atoms with E-state index in [9.17, 15) is 39.5 Å². The van der Waals surface area contributed by atoms with Crippen LogP contribution < -0.4 is 0 Å². The smallest absolute Gasteiger partial charge is 0.218 e. The fraction of sp³-hybridized carbons (Fsp3) is 0.188. The van der Waals surface area contributed by atoms with Crippen LogP contribution >= 0.6 is 0 Å². The van der Waals surface area contributed by atoms with Gasteiger partial charge >= 0.3 is 18.0 Å².